The van der Waals surface area contributed by atoms with Crippen molar-refractivity contribution in [3.05, 3.63) is 57.3 Å². The van der Waals surface area contributed by atoms with Gasteiger partial charge in [-0.05, 0) is 43.2 Å². The molecule has 0 heterocycles. The van der Waals surface area contributed by atoms with E-state index in [1.165, 1.54) is 6.07 Å². The van der Waals surface area contributed by atoms with Gasteiger partial charge in [-0.1, -0.05) is 40.5 Å². The van der Waals surface area contributed by atoms with Crippen LogP contribution in [0.5, 0.6) is 11.5 Å². The molecule has 2 rings (SSSR count). The number of halogens is 3. The van der Waals surface area contributed by atoms with Crippen molar-refractivity contribution < 1.29 is 9.13 Å². The summed E-state index contributed by atoms with van der Waals surface area (Å²) in [6, 6.07) is 9.91. The van der Waals surface area contributed by atoms with E-state index in [0.29, 0.717) is 28.5 Å². The van der Waals surface area contributed by atoms with E-state index in [0.717, 1.165) is 10.9 Å². The zero-order valence-corrected chi connectivity index (χ0v) is 13.9. The van der Waals surface area contributed by atoms with Crippen LogP contribution in [0.25, 0.3) is 0 Å². The average molecular weight is 373 g/mol. The van der Waals surface area contributed by atoms with Gasteiger partial charge < -0.3 is 10.5 Å². The molecule has 0 saturated heterocycles. The van der Waals surface area contributed by atoms with E-state index in [1.807, 2.05) is 13.0 Å². The van der Waals surface area contributed by atoms with Crippen molar-refractivity contribution in [1.82, 2.24) is 0 Å². The highest BCUT2D eigenvalue weighted by Gasteiger charge is 2.14. The van der Waals surface area contributed by atoms with Crippen molar-refractivity contribution >= 4 is 27.5 Å². The van der Waals surface area contributed by atoms with E-state index < -0.39 is 0 Å². The molecule has 0 saturated carbocycles. The van der Waals surface area contributed by atoms with Gasteiger partial charge in [-0.3, -0.25) is 0 Å². The van der Waals surface area contributed by atoms with Crippen molar-refractivity contribution in [2.75, 3.05) is 0 Å². The maximum atomic E-state index is 14.1. The molecule has 0 aliphatic heterocycles. The molecule has 112 valence electrons. The molecule has 1 unspecified atom stereocenters. The molecule has 0 aliphatic rings. The molecule has 2 N–H and O–H groups in total. The number of nitrogens with two attached hydrogens (primary N) is 1. The summed E-state index contributed by atoms with van der Waals surface area (Å²) in [7, 11) is 0. The van der Waals surface area contributed by atoms with Crippen LogP contribution in [0.3, 0.4) is 0 Å². The second-order valence-electron chi connectivity index (χ2n) is 4.77. The van der Waals surface area contributed by atoms with Crippen LogP contribution in [-0.2, 0) is 6.42 Å². The Bertz CT molecular complexity index is 636. The van der Waals surface area contributed by atoms with E-state index >= 15 is 0 Å². The summed E-state index contributed by atoms with van der Waals surface area (Å²) in [4.78, 5) is 0. The quantitative estimate of drug-likeness (QED) is 0.771. The smallest absolute Gasteiger partial charge is 0.147 e. The molecule has 0 aliphatic carbocycles. The van der Waals surface area contributed by atoms with Crippen LogP contribution in [0.2, 0.25) is 5.02 Å². The second-order valence-corrected chi connectivity index (χ2v) is 6.09. The van der Waals surface area contributed by atoms with Gasteiger partial charge in [0.25, 0.3) is 0 Å². The third kappa shape index (κ3) is 4.19. The molecule has 0 aromatic heterocycles. The van der Waals surface area contributed by atoms with Gasteiger partial charge in [0.15, 0.2) is 0 Å². The Labute approximate surface area is 137 Å². The highest BCUT2D eigenvalue weighted by molar-refractivity contribution is 9.10. The predicted molar refractivity (Wildman–Crippen MR) is 87.6 cm³/mol. The highest BCUT2D eigenvalue weighted by atomic mass is 79.9. The van der Waals surface area contributed by atoms with E-state index in [-0.39, 0.29) is 11.9 Å². The first-order valence-electron chi connectivity index (χ1n) is 6.67. The third-order valence-corrected chi connectivity index (χ3v) is 3.99. The average Bonchev–Trinajstić information content (AvgIpc) is 2.46. The number of hydrogen-bond donors (Lipinski definition) is 1. The molecule has 0 bridgehead atoms. The van der Waals surface area contributed by atoms with Gasteiger partial charge in [0.2, 0.25) is 0 Å². The van der Waals surface area contributed by atoms with Gasteiger partial charge in [-0.25, -0.2) is 4.39 Å². The molecule has 1 atom stereocenters. The van der Waals surface area contributed by atoms with Gasteiger partial charge in [0.1, 0.15) is 17.3 Å². The fourth-order valence-corrected chi connectivity index (χ4v) is 2.41. The van der Waals surface area contributed by atoms with E-state index in [4.69, 9.17) is 22.1 Å². The fraction of sp³-hybridized carbons (Fsp3) is 0.250. The van der Waals surface area contributed by atoms with Gasteiger partial charge in [0.05, 0.1) is 5.02 Å². The third-order valence-electron chi connectivity index (χ3n) is 3.18. The fourth-order valence-electron chi connectivity index (χ4n) is 1.91. The molecule has 2 aromatic rings. The Hall–Kier alpha value is -1.10. The molecule has 0 spiro atoms. The Balaban J connectivity index is 2.35. The molecule has 0 amide bonds. The normalized spacial score (nSPS) is 12.2. The lowest BCUT2D eigenvalue weighted by atomic mass is 10.0. The van der Waals surface area contributed by atoms with Gasteiger partial charge in [-0.2, -0.15) is 0 Å². The van der Waals surface area contributed by atoms with Crippen molar-refractivity contribution in [2.24, 2.45) is 5.73 Å². The minimum Gasteiger partial charge on any atom is -0.455 e. The molecule has 5 heteroatoms. The van der Waals surface area contributed by atoms with Crippen LogP contribution in [0.4, 0.5) is 4.39 Å². The lowest BCUT2D eigenvalue weighted by Gasteiger charge is -2.15. The summed E-state index contributed by atoms with van der Waals surface area (Å²) >= 11 is 9.47. The standard InChI is InChI=1S/C16H16BrClFNO/c1-2-11(20)9-12-14(19)4-3-5-15(12)21-16-8-10(17)6-7-13(16)18/h3-8,11H,2,9,20H2,1H3. The summed E-state index contributed by atoms with van der Waals surface area (Å²) < 4.78 is 20.7. The monoisotopic (exact) mass is 371 g/mol. The molecule has 0 fully saturated rings. The minimum atomic E-state index is -0.317. The van der Waals surface area contributed by atoms with Gasteiger partial charge >= 0.3 is 0 Å². The van der Waals surface area contributed by atoms with Crippen molar-refractivity contribution in [3.63, 3.8) is 0 Å². The second kappa shape index (κ2) is 7.25. The zero-order valence-electron chi connectivity index (χ0n) is 11.6. The SMILES string of the molecule is CCC(N)Cc1c(F)cccc1Oc1cc(Br)ccc1Cl. The Morgan fingerprint density at radius 2 is 2.05 bits per heavy atom. The van der Waals surface area contributed by atoms with E-state index in [2.05, 4.69) is 15.9 Å². The lowest BCUT2D eigenvalue weighted by Crippen LogP contribution is -2.22. The number of rotatable bonds is 5. The van der Waals surface area contributed by atoms with Crippen LogP contribution in [0.1, 0.15) is 18.9 Å². The maximum absolute atomic E-state index is 14.1. The van der Waals surface area contributed by atoms with Crippen LogP contribution >= 0.6 is 27.5 Å². The number of benzene rings is 2. The molecular formula is C16H16BrClFNO. The Kier molecular flexibility index (Phi) is 5.62. The molecule has 2 nitrogen and oxygen atoms in total. The van der Waals surface area contributed by atoms with Crippen molar-refractivity contribution in [3.8, 4) is 11.5 Å². The molecule has 2 aromatic carbocycles. The number of ether oxygens (including phenoxy) is 1. The summed E-state index contributed by atoms with van der Waals surface area (Å²) in [5.41, 5.74) is 6.41. The molecular weight excluding hydrogens is 357 g/mol. The maximum Gasteiger partial charge on any atom is 0.147 e. The van der Waals surface area contributed by atoms with Crippen LogP contribution in [0.15, 0.2) is 40.9 Å². The summed E-state index contributed by atoms with van der Waals surface area (Å²) in [6.07, 6.45) is 1.19. The van der Waals surface area contributed by atoms with Crippen molar-refractivity contribution in [1.29, 1.82) is 0 Å². The van der Waals surface area contributed by atoms with Gasteiger partial charge in [-0.15, -0.1) is 0 Å². The summed E-state index contributed by atoms with van der Waals surface area (Å²) in [6.45, 7) is 1.97. The van der Waals surface area contributed by atoms with Crippen LogP contribution < -0.4 is 10.5 Å². The number of hydrogen-bond acceptors (Lipinski definition) is 2. The first-order valence-corrected chi connectivity index (χ1v) is 7.84. The largest absolute Gasteiger partial charge is 0.455 e. The molecule has 0 radical (unpaired) electrons. The first kappa shape index (κ1) is 16.3. The first-order chi connectivity index (χ1) is 10.0. The van der Waals surface area contributed by atoms with E-state index in [9.17, 15) is 4.39 Å². The topological polar surface area (TPSA) is 35.2 Å². The Morgan fingerprint density at radius 1 is 1.29 bits per heavy atom. The van der Waals surface area contributed by atoms with Crippen LogP contribution in [-0.4, -0.2) is 6.04 Å². The van der Waals surface area contributed by atoms with Crippen LogP contribution in [0, 0.1) is 5.82 Å². The molecule has 21 heavy (non-hydrogen) atoms. The minimum absolute atomic E-state index is 0.109. The van der Waals surface area contributed by atoms with E-state index in [1.54, 1.807) is 24.3 Å². The Morgan fingerprint density at radius 3 is 2.76 bits per heavy atom. The summed E-state index contributed by atoms with van der Waals surface area (Å²) in [5, 5.41) is 0.466. The predicted octanol–water partition coefficient (Wildman–Crippen LogP) is 5.31. The summed E-state index contributed by atoms with van der Waals surface area (Å²) in [5.74, 6) is 0.601. The van der Waals surface area contributed by atoms with Crippen molar-refractivity contribution in [2.45, 2.75) is 25.8 Å². The highest BCUT2D eigenvalue weighted by Crippen LogP contribution is 2.34. The van der Waals surface area contributed by atoms with Gasteiger partial charge in [0, 0.05) is 16.1 Å². The zero-order chi connectivity index (χ0) is 15.4. The lowest BCUT2D eigenvalue weighted by molar-refractivity contribution is 0.461.